The summed E-state index contributed by atoms with van der Waals surface area (Å²) in [5.74, 6) is 1.01. The number of benzene rings is 1. The van der Waals surface area contributed by atoms with Crippen LogP contribution in [0.15, 0.2) is 29.6 Å². The molecule has 0 unspecified atom stereocenters. The fourth-order valence-corrected chi connectivity index (χ4v) is 4.99. The fraction of sp³-hybridized carbons (Fsp3) is 0.250. The summed E-state index contributed by atoms with van der Waals surface area (Å²) in [6.45, 7) is 2.09. The predicted octanol–water partition coefficient (Wildman–Crippen LogP) is 4.70. The van der Waals surface area contributed by atoms with Gasteiger partial charge in [0.15, 0.2) is 27.6 Å². The Balaban J connectivity index is 1.39. The molecule has 0 fully saturated rings. The van der Waals surface area contributed by atoms with Crippen LogP contribution in [0.25, 0.3) is 10.2 Å². The Morgan fingerprint density at radius 2 is 1.80 bits per heavy atom. The maximum atomic E-state index is 11.8. The molecule has 4 aromatic rings. The van der Waals surface area contributed by atoms with Gasteiger partial charge in [-0.25, -0.2) is 14.8 Å². The number of hydrogen-bond donors (Lipinski definition) is 2. The maximum Gasteiger partial charge on any atom is 0.357 e. The second-order valence-corrected chi connectivity index (χ2v) is 8.59. The lowest BCUT2D eigenvalue weighted by molar-refractivity contribution is 0.0520. The SMILES string of the molecule is CCOC(=O)c1csc(Nc2nnc(Nc3nc4ccccc4s3)c3c2CCC3)n1. The summed E-state index contributed by atoms with van der Waals surface area (Å²) in [6.07, 6.45) is 2.88. The summed E-state index contributed by atoms with van der Waals surface area (Å²) in [5.41, 5.74) is 3.53. The van der Waals surface area contributed by atoms with Crippen LogP contribution in [0.4, 0.5) is 21.9 Å². The molecule has 0 amide bonds. The molecule has 8 nitrogen and oxygen atoms in total. The van der Waals surface area contributed by atoms with E-state index in [1.165, 1.54) is 11.3 Å². The second-order valence-electron chi connectivity index (χ2n) is 6.70. The lowest BCUT2D eigenvalue weighted by Crippen LogP contribution is -2.07. The molecule has 5 rings (SSSR count). The summed E-state index contributed by atoms with van der Waals surface area (Å²) in [4.78, 5) is 20.8. The monoisotopic (exact) mass is 438 g/mol. The van der Waals surface area contributed by atoms with Gasteiger partial charge in [0.1, 0.15) is 0 Å². The van der Waals surface area contributed by atoms with E-state index in [2.05, 4.69) is 36.9 Å². The Morgan fingerprint density at radius 3 is 2.53 bits per heavy atom. The quantitative estimate of drug-likeness (QED) is 0.418. The molecule has 0 saturated heterocycles. The summed E-state index contributed by atoms with van der Waals surface area (Å²) in [5, 5.41) is 18.4. The molecule has 3 aromatic heterocycles. The van der Waals surface area contributed by atoms with E-state index in [-0.39, 0.29) is 0 Å². The molecule has 1 aliphatic rings. The van der Waals surface area contributed by atoms with Crippen molar-refractivity contribution in [3.8, 4) is 0 Å². The van der Waals surface area contributed by atoms with E-state index in [1.54, 1.807) is 23.6 Å². The van der Waals surface area contributed by atoms with Crippen LogP contribution in [-0.4, -0.2) is 32.7 Å². The number of ether oxygens (including phenoxy) is 1. The molecule has 0 atom stereocenters. The molecule has 0 radical (unpaired) electrons. The van der Waals surface area contributed by atoms with E-state index in [9.17, 15) is 4.79 Å². The first-order valence-corrected chi connectivity index (χ1v) is 11.3. The number of carbonyl (C=O) groups excluding carboxylic acids is 1. The number of carbonyl (C=O) groups is 1. The number of aromatic nitrogens is 4. The molecular formula is C20H18N6O2S2. The first-order valence-electron chi connectivity index (χ1n) is 9.62. The van der Waals surface area contributed by atoms with Crippen molar-refractivity contribution in [1.82, 2.24) is 20.2 Å². The molecule has 0 bridgehead atoms. The molecular weight excluding hydrogens is 420 g/mol. The smallest absolute Gasteiger partial charge is 0.357 e. The van der Waals surface area contributed by atoms with E-state index >= 15 is 0 Å². The van der Waals surface area contributed by atoms with Crippen LogP contribution in [0.5, 0.6) is 0 Å². The van der Waals surface area contributed by atoms with E-state index in [1.807, 2.05) is 18.2 Å². The average molecular weight is 439 g/mol. The van der Waals surface area contributed by atoms with Gasteiger partial charge in [-0.2, -0.15) is 0 Å². The van der Waals surface area contributed by atoms with Crippen LogP contribution < -0.4 is 10.6 Å². The first kappa shape index (κ1) is 18.9. The molecule has 0 spiro atoms. The molecule has 30 heavy (non-hydrogen) atoms. The van der Waals surface area contributed by atoms with Crippen molar-refractivity contribution in [2.45, 2.75) is 26.2 Å². The molecule has 152 valence electrons. The lowest BCUT2D eigenvalue weighted by atomic mass is 10.2. The third-order valence-electron chi connectivity index (χ3n) is 4.77. The van der Waals surface area contributed by atoms with Crippen molar-refractivity contribution < 1.29 is 9.53 Å². The van der Waals surface area contributed by atoms with Crippen molar-refractivity contribution in [1.29, 1.82) is 0 Å². The van der Waals surface area contributed by atoms with Crippen molar-refractivity contribution >= 4 is 60.8 Å². The van der Waals surface area contributed by atoms with Crippen LogP contribution in [0, 0.1) is 0 Å². The largest absolute Gasteiger partial charge is 0.461 e. The number of thiazole rings is 2. The molecule has 1 aromatic carbocycles. The lowest BCUT2D eigenvalue weighted by Gasteiger charge is -2.11. The van der Waals surface area contributed by atoms with E-state index in [4.69, 9.17) is 4.74 Å². The van der Waals surface area contributed by atoms with Crippen molar-refractivity contribution in [2.75, 3.05) is 17.2 Å². The Labute approximate surface area is 180 Å². The summed E-state index contributed by atoms with van der Waals surface area (Å²) in [7, 11) is 0. The molecule has 1 aliphatic carbocycles. The zero-order valence-electron chi connectivity index (χ0n) is 16.1. The van der Waals surface area contributed by atoms with Crippen molar-refractivity contribution in [3.05, 3.63) is 46.5 Å². The first-order chi connectivity index (χ1) is 14.7. The van der Waals surface area contributed by atoms with Gasteiger partial charge in [-0.05, 0) is 38.3 Å². The zero-order valence-corrected chi connectivity index (χ0v) is 17.8. The number of nitrogens with zero attached hydrogens (tertiary/aromatic N) is 4. The van der Waals surface area contributed by atoms with E-state index in [0.29, 0.717) is 23.3 Å². The van der Waals surface area contributed by atoms with Crippen LogP contribution >= 0.6 is 22.7 Å². The summed E-state index contributed by atoms with van der Waals surface area (Å²) in [6, 6.07) is 8.04. The number of nitrogens with one attached hydrogen (secondary N) is 2. The van der Waals surface area contributed by atoms with Gasteiger partial charge in [0.25, 0.3) is 0 Å². The number of anilines is 4. The van der Waals surface area contributed by atoms with Gasteiger partial charge in [-0.3, -0.25) is 0 Å². The molecule has 10 heteroatoms. The predicted molar refractivity (Wildman–Crippen MR) is 118 cm³/mol. The highest BCUT2D eigenvalue weighted by molar-refractivity contribution is 7.22. The molecule has 0 aliphatic heterocycles. The Morgan fingerprint density at radius 1 is 1.07 bits per heavy atom. The Bertz CT molecular complexity index is 1200. The van der Waals surface area contributed by atoms with Crippen LogP contribution in [0.1, 0.15) is 35.0 Å². The number of esters is 1. The van der Waals surface area contributed by atoms with Gasteiger partial charge >= 0.3 is 5.97 Å². The standard InChI is InChI=1S/C20H18N6O2S2/c1-2-28-18(27)14-10-29-19(22-14)23-16-11-6-5-7-12(11)17(26-25-16)24-20-21-13-8-3-4-9-15(13)30-20/h3-4,8-10H,2,5-7H2,1H3,(H,21,24,26)(H,22,23,25). The van der Waals surface area contributed by atoms with E-state index < -0.39 is 5.97 Å². The Hall–Kier alpha value is -3.11. The normalized spacial score (nSPS) is 12.7. The van der Waals surface area contributed by atoms with Crippen LogP contribution in [-0.2, 0) is 17.6 Å². The minimum Gasteiger partial charge on any atom is -0.461 e. The van der Waals surface area contributed by atoms with Crippen molar-refractivity contribution in [2.24, 2.45) is 0 Å². The minimum atomic E-state index is -0.423. The highest BCUT2D eigenvalue weighted by Gasteiger charge is 2.23. The highest BCUT2D eigenvalue weighted by atomic mass is 32.1. The summed E-state index contributed by atoms with van der Waals surface area (Å²) < 4.78 is 6.12. The van der Waals surface area contributed by atoms with Gasteiger partial charge < -0.3 is 15.4 Å². The molecule has 0 saturated carbocycles. The van der Waals surface area contributed by atoms with Crippen molar-refractivity contribution in [3.63, 3.8) is 0 Å². The van der Waals surface area contributed by atoms with Crippen LogP contribution in [0.3, 0.4) is 0 Å². The number of fused-ring (bicyclic) bond motifs is 2. The third-order valence-corrected chi connectivity index (χ3v) is 6.48. The molecule has 2 N–H and O–H groups in total. The van der Waals surface area contributed by atoms with Gasteiger partial charge in [0.05, 0.1) is 16.8 Å². The van der Waals surface area contributed by atoms with Gasteiger partial charge in [0, 0.05) is 16.5 Å². The maximum absolute atomic E-state index is 11.8. The second kappa shape index (κ2) is 7.96. The van der Waals surface area contributed by atoms with Crippen LogP contribution in [0.2, 0.25) is 0 Å². The average Bonchev–Trinajstić information content (AvgIpc) is 3.49. The topological polar surface area (TPSA) is 102 Å². The Kier molecular flexibility index (Phi) is 5.01. The van der Waals surface area contributed by atoms with E-state index in [0.717, 1.165) is 51.6 Å². The third kappa shape index (κ3) is 3.59. The highest BCUT2D eigenvalue weighted by Crippen LogP contribution is 2.36. The zero-order chi connectivity index (χ0) is 20.5. The number of rotatable bonds is 6. The number of hydrogen-bond acceptors (Lipinski definition) is 10. The summed E-state index contributed by atoms with van der Waals surface area (Å²) >= 11 is 2.93. The van der Waals surface area contributed by atoms with Gasteiger partial charge in [-0.1, -0.05) is 23.5 Å². The fourth-order valence-electron chi connectivity index (χ4n) is 3.45. The minimum absolute atomic E-state index is 0.295. The molecule has 3 heterocycles. The van der Waals surface area contributed by atoms with Gasteiger partial charge in [-0.15, -0.1) is 21.5 Å². The number of para-hydroxylation sites is 1. The van der Waals surface area contributed by atoms with Gasteiger partial charge in [0.2, 0.25) is 0 Å².